The van der Waals surface area contributed by atoms with Crippen LogP contribution >= 0.6 is 0 Å². The second kappa shape index (κ2) is 4.92. The van der Waals surface area contributed by atoms with E-state index in [4.69, 9.17) is 5.26 Å². The van der Waals surface area contributed by atoms with E-state index in [-0.39, 0.29) is 13.0 Å². The van der Waals surface area contributed by atoms with E-state index in [0.29, 0.717) is 0 Å². The maximum Gasteiger partial charge on any atom is 0.230 e. The largest absolute Gasteiger partial charge is 0.389 e. The van der Waals surface area contributed by atoms with E-state index in [1.165, 1.54) is 20.9 Å². The molecule has 1 unspecified atom stereocenters. The summed E-state index contributed by atoms with van der Waals surface area (Å²) in [5, 5.41) is 17.1. The summed E-state index contributed by atoms with van der Waals surface area (Å²) in [7, 11) is -2.25. The maximum absolute atomic E-state index is 11.8. The Morgan fingerprint density at radius 2 is 2.00 bits per heavy atom. The Morgan fingerprint density at radius 3 is 2.27 bits per heavy atom. The smallest absolute Gasteiger partial charge is 0.230 e. The highest BCUT2D eigenvalue weighted by molar-refractivity contribution is 7.89. The van der Waals surface area contributed by atoms with E-state index in [0.717, 1.165) is 4.31 Å². The number of rotatable bonds is 5. The summed E-state index contributed by atoms with van der Waals surface area (Å²) in [6.45, 7) is 4.66. The van der Waals surface area contributed by atoms with Crippen molar-refractivity contribution in [1.82, 2.24) is 4.31 Å². The molecule has 0 aliphatic carbocycles. The number of sulfonamides is 1. The zero-order chi connectivity index (χ0) is 12.3. The van der Waals surface area contributed by atoms with E-state index in [1.807, 2.05) is 0 Å². The minimum atomic E-state index is -3.62. The fourth-order valence-corrected chi connectivity index (χ4v) is 2.71. The van der Waals surface area contributed by atoms with Gasteiger partial charge in [0, 0.05) is 13.6 Å². The molecule has 0 aromatic carbocycles. The molecule has 0 heterocycles. The molecule has 15 heavy (non-hydrogen) atoms. The number of aliphatic hydroxyl groups is 1. The zero-order valence-corrected chi connectivity index (χ0v) is 10.4. The second-order valence-electron chi connectivity index (χ2n) is 4.14. The van der Waals surface area contributed by atoms with Crippen LogP contribution < -0.4 is 0 Å². The molecule has 0 saturated carbocycles. The van der Waals surface area contributed by atoms with Gasteiger partial charge in [-0.1, -0.05) is 6.92 Å². The standard InChI is InChI=1S/C9H18N2O3S/c1-5-8(6-10)15(13,14)11(4)7-9(2,3)12/h8,12H,5,7H2,1-4H3. The van der Waals surface area contributed by atoms with Crippen molar-refractivity contribution >= 4 is 10.0 Å². The Labute approximate surface area is 91.4 Å². The summed E-state index contributed by atoms with van der Waals surface area (Å²) >= 11 is 0. The third-order valence-corrected chi connectivity index (χ3v) is 4.07. The van der Waals surface area contributed by atoms with Gasteiger partial charge in [0.15, 0.2) is 5.25 Å². The first-order chi connectivity index (χ1) is 6.65. The van der Waals surface area contributed by atoms with Crippen LogP contribution in [0.2, 0.25) is 0 Å². The summed E-state index contributed by atoms with van der Waals surface area (Å²) in [6, 6.07) is 1.75. The van der Waals surface area contributed by atoms with Crippen molar-refractivity contribution in [2.45, 2.75) is 38.0 Å². The van der Waals surface area contributed by atoms with Crippen molar-refractivity contribution in [3.05, 3.63) is 0 Å². The van der Waals surface area contributed by atoms with Crippen LogP contribution in [0.4, 0.5) is 0 Å². The van der Waals surface area contributed by atoms with Gasteiger partial charge in [-0.15, -0.1) is 0 Å². The van der Waals surface area contributed by atoms with Crippen molar-refractivity contribution < 1.29 is 13.5 Å². The predicted molar refractivity (Wildman–Crippen MR) is 57.5 cm³/mol. The lowest BCUT2D eigenvalue weighted by Gasteiger charge is -2.26. The summed E-state index contributed by atoms with van der Waals surface area (Å²) in [5.41, 5.74) is -1.10. The molecule has 0 aliphatic heterocycles. The van der Waals surface area contributed by atoms with Gasteiger partial charge in [-0.05, 0) is 20.3 Å². The molecule has 0 spiro atoms. The molecular weight excluding hydrogens is 216 g/mol. The van der Waals surface area contributed by atoms with Crippen molar-refractivity contribution in [2.24, 2.45) is 0 Å². The van der Waals surface area contributed by atoms with Crippen molar-refractivity contribution in [3.63, 3.8) is 0 Å². The van der Waals surface area contributed by atoms with Crippen LogP contribution in [0.25, 0.3) is 0 Å². The van der Waals surface area contributed by atoms with Gasteiger partial charge in [-0.3, -0.25) is 0 Å². The van der Waals surface area contributed by atoms with Gasteiger partial charge in [-0.25, -0.2) is 12.7 Å². The first kappa shape index (κ1) is 14.4. The molecule has 5 nitrogen and oxygen atoms in total. The van der Waals surface area contributed by atoms with Crippen molar-refractivity contribution in [1.29, 1.82) is 5.26 Å². The molecular formula is C9H18N2O3S. The molecule has 0 saturated heterocycles. The van der Waals surface area contributed by atoms with E-state index in [9.17, 15) is 13.5 Å². The first-order valence-electron chi connectivity index (χ1n) is 4.72. The number of hydrogen-bond acceptors (Lipinski definition) is 4. The highest BCUT2D eigenvalue weighted by Gasteiger charge is 2.31. The molecule has 0 aromatic heterocycles. The number of nitrogens with zero attached hydrogens (tertiary/aromatic N) is 2. The summed E-state index contributed by atoms with van der Waals surface area (Å²) in [5.74, 6) is 0. The first-order valence-corrected chi connectivity index (χ1v) is 6.22. The van der Waals surface area contributed by atoms with Gasteiger partial charge in [-0.2, -0.15) is 5.26 Å². The summed E-state index contributed by atoms with van der Waals surface area (Å²) in [4.78, 5) is 0. The van der Waals surface area contributed by atoms with Crippen LogP contribution in [-0.2, 0) is 10.0 Å². The molecule has 1 N–H and O–H groups in total. The topological polar surface area (TPSA) is 81.4 Å². The second-order valence-corrected chi connectivity index (χ2v) is 6.36. The quantitative estimate of drug-likeness (QED) is 0.742. The van der Waals surface area contributed by atoms with Gasteiger partial charge in [0.05, 0.1) is 11.7 Å². The van der Waals surface area contributed by atoms with Crippen LogP contribution in [0.3, 0.4) is 0 Å². The average Bonchev–Trinajstić information content (AvgIpc) is 2.02. The molecule has 0 radical (unpaired) electrons. The van der Waals surface area contributed by atoms with Gasteiger partial charge in [0.2, 0.25) is 10.0 Å². The number of nitriles is 1. The predicted octanol–water partition coefficient (Wildman–Crippen LogP) is 0.321. The van der Waals surface area contributed by atoms with Crippen LogP contribution in [0.1, 0.15) is 27.2 Å². The Hall–Kier alpha value is -0.640. The van der Waals surface area contributed by atoms with Gasteiger partial charge in [0.25, 0.3) is 0 Å². The van der Waals surface area contributed by atoms with Crippen LogP contribution in [-0.4, -0.2) is 42.3 Å². The number of likely N-dealkylation sites (N-methyl/N-ethyl adjacent to an activating group) is 1. The van der Waals surface area contributed by atoms with Gasteiger partial charge >= 0.3 is 0 Å². The fourth-order valence-electron chi connectivity index (χ4n) is 1.22. The van der Waals surface area contributed by atoms with Crippen molar-refractivity contribution in [2.75, 3.05) is 13.6 Å². The Bertz CT molecular complexity index is 337. The lowest BCUT2D eigenvalue weighted by molar-refractivity contribution is 0.0638. The van der Waals surface area contributed by atoms with E-state index in [2.05, 4.69) is 0 Å². The average molecular weight is 234 g/mol. The molecule has 6 heteroatoms. The molecule has 0 aliphatic rings. The highest BCUT2D eigenvalue weighted by atomic mass is 32.2. The number of hydrogen-bond donors (Lipinski definition) is 1. The summed E-state index contributed by atoms with van der Waals surface area (Å²) < 4.78 is 24.6. The molecule has 0 bridgehead atoms. The van der Waals surface area contributed by atoms with Gasteiger partial charge < -0.3 is 5.11 Å². The van der Waals surface area contributed by atoms with Crippen LogP contribution in [0, 0.1) is 11.3 Å². The lowest BCUT2D eigenvalue weighted by atomic mass is 10.1. The molecule has 88 valence electrons. The third-order valence-electron chi connectivity index (χ3n) is 1.92. The molecule has 0 aromatic rings. The van der Waals surface area contributed by atoms with Crippen molar-refractivity contribution in [3.8, 4) is 6.07 Å². The van der Waals surface area contributed by atoms with Gasteiger partial charge in [0.1, 0.15) is 0 Å². The molecule has 0 fully saturated rings. The maximum atomic E-state index is 11.8. The van der Waals surface area contributed by atoms with E-state index in [1.54, 1.807) is 13.0 Å². The zero-order valence-electron chi connectivity index (χ0n) is 9.56. The van der Waals surface area contributed by atoms with E-state index < -0.39 is 20.9 Å². The van der Waals surface area contributed by atoms with Crippen LogP contribution in [0.15, 0.2) is 0 Å². The van der Waals surface area contributed by atoms with Crippen LogP contribution in [0.5, 0.6) is 0 Å². The minimum Gasteiger partial charge on any atom is -0.389 e. The monoisotopic (exact) mass is 234 g/mol. The Morgan fingerprint density at radius 1 is 1.53 bits per heavy atom. The summed E-state index contributed by atoms with van der Waals surface area (Å²) in [6.07, 6.45) is 0.245. The SMILES string of the molecule is CCC(C#N)S(=O)(=O)N(C)CC(C)(C)O. The van der Waals surface area contributed by atoms with E-state index >= 15 is 0 Å². The minimum absolute atomic E-state index is 0.0203. The normalized spacial score (nSPS) is 15.0. The Kier molecular flexibility index (Phi) is 4.71. The lowest BCUT2D eigenvalue weighted by Crippen LogP contribution is -2.43. The molecule has 1 atom stereocenters. The molecule has 0 amide bonds. The third kappa shape index (κ3) is 4.16. The highest BCUT2D eigenvalue weighted by Crippen LogP contribution is 2.13. The molecule has 0 rings (SSSR count). The Balaban J connectivity index is 4.83. The fraction of sp³-hybridized carbons (Fsp3) is 0.889.